The van der Waals surface area contributed by atoms with Gasteiger partial charge in [-0.05, 0) is 31.2 Å². The van der Waals surface area contributed by atoms with Crippen LogP contribution in [0.1, 0.15) is 32.2 Å². The zero-order valence-electron chi connectivity index (χ0n) is 11.7. The van der Waals surface area contributed by atoms with Crippen LogP contribution in [0.4, 0.5) is 5.69 Å². The Balaban J connectivity index is 2.56. The lowest BCUT2D eigenvalue weighted by molar-refractivity contribution is 0.567. The highest BCUT2D eigenvalue weighted by atomic mass is 35.5. The summed E-state index contributed by atoms with van der Waals surface area (Å²) in [7, 11) is 0. The third-order valence-corrected chi connectivity index (χ3v) is 3.22. The van der Waals surface area contributed by atoms with Crippen molar-refractivity contribution in [2.45, 2.75) is 33.1 Å². The van der Waals surface area contributed by atoms with Crippen LogP contribution in [0.3, 0.4) is 0 Å². The van der Waals surface area contributed by atoms with E-state index in [1.54, 1.807) is 6.07 Å². The number of aromatic nitrogens is 2. The van der Waals surface area contributed by atoms with Gasteiger partial charge in [-0.2, -0.15) is 0 Å². The topological polar surface area (TPSA) is 51.8 Å². The largest absolute Gasteiger partial charge is 0.398 e. The van der Waals surface area contributed by atoms with Crippen LogP contribution in [0.25, 0.3) is 11.4 Å². The zero-order valence-corrected chi connectivity index (χ0v) is 12.4. The summed E-state index contributed by atoms with van der Waals surface area (Å²) in [6.07, 6.45) is 0. The smallest absolute Gasteiger partial charge is 0.159 e. The first kappa shape index (κ1) is 13.8. The van der Waals surface area contributed by atoms with Gasteiger partial charge in [-0.1, -0.05) is 32.4 Å². The minimum atomic E-state index is -0.0135. The van der Waals surface area contributed by atoms with Gasteiger partial charge in [-0.15, -0.1) is 0 Å². The summed E-state index contributed by atoms with van der Waals surface area (Å²) in [5.74, 6) is 0.688. The Morgan fingerprint density at radius 3 is 2.37 bits per heavy atom. The van der Waals surface area contributed by atoms with E-state index in [0.29, 0.717) is 16.5 Å². The van der Waals surface area contributed by atoms with E-state index < -0.39 is 0 Å². The number of benzene rings is 1. The number of nitrogens with two attached hydrogens (primary N) is 1. The van der Waals surface area contributed by atoms with Gasteiger partial charge in [0.15, 0.2) is 5.82 Å². The quantitative estimate of drug-likeness (QED) is 0.801. The molecule has 0 atom stereocenters. The number of nitrogens with zero attached hydrogens (tertiary/aromatic N) is 2. The SMILES string of the molecule is Cc1cc(C(C)(C)C)nc(-c2ccc(Cl)c(N)c2)n1. The fraction of sp³-hybridized carbons (Fsp3) is 0.333. The monoisotopic (exact) mass is 275 g/mol. The molecule has 4 heteroatoms. The Morgan fingerprint density at radius 1 is 1.11 bits per heavy atom. The molecule has 2 rings (SSSR count). The molecular formula is C15H18ClN3. The third-order valence-electron chi connectivity index (χ3n) is 2.88. The van der Waals surface area contributed by atoms with E-state index in [-0.39, 0.29) is 5.41 Å². The molecule has 2 aromatic rings. The van der Waals surface area contributed by atoms with Crippen molar-refractivity contribution in [3.63, 3.8) is 0 Å². The summed E-state index contributed by atoms with van der Waals surface area (Å²) in [6, 6.07) is 7.49. The van der Waals surface area contributed by atoms with E-state index in [1.165, 1.54) is 0 Å². The van der Waals surface area contributed by atoms with Gasteiger partial charge in [-0.3, -0.25) is 0 Å². The first-order valence-corrected chi connectivity index (χ1v) is 6.57. The average molecular weight is 276 g/mol. The zero-order chi connectivity index (χ0) is 14.2. The van der Waals surface area contributed by atoms with E-state index in [4.69, 9.17) is 17.3 Å². The Kier molecular flexibility index (Phi) is 3.50. The summed E-state index contributed by atoms with van der Waals surface area (Å²) in [5, 5.41) is 0.549. The van der Waals surface area contributed by atoms with Crippen LogP contribution in [0, 0.1) is 6.92 Å². The number of aryl methyl sites for hydroxylation is 1. The molecule has 0 saturated carbocycles. The molecule has 0 bridgehead atoms. The fourth-order valence-corrected chi connectivity index (χ4v) is 1.88. The van der Waals surface area contributed by atoms with Crippen molar-refractivity contribution < 1.29 is 0 Å². The van der Waals surface area contributed by atoms with Crippen molar-refractivity contribution in [2.24, 2.45) is 0 Å². The second-order valence-corrected chi connectivity index (χ2v) is 6.11. The summed E-state index contributed by atoms with van der Waals surface area (Å²) in [5.41, 5.74) is 9.21. The standard InChI is InChI=1S/C15H18ClN3/c1-9-7-13(15(2,3)4)19-14(18-9)10-5-6-11(16)12(17)8-10/h5-8H,17H2,1-4H3. The van der Waals surface area contributed by atoms with E-state index in [0.717, 1.165) is 17.0 Å². The van der Waals surface area contributed by atoms with E-state index in [9.17, 15) is 0 Å². The number of rotatable bonds is 1. The van der Waals surface area contributed by atoms with Crippen LogP contribution in [0.5, 0.6) is 0 Å². The lowest BCUT2D eigenvalue weighted by Crippen LogP contribution is -2.15. The van der Waals surface area contributed by atoms with Crippen molar-refractivity contribution in [1.29, 1.82) is 0 Å². The molecule has 0 aliphatic heterocycles. The molecule has 19 heavy (non-hydrogen) atoms. The summed E-state index contributed by atoms with van der Waals surface area (Å²) >= 11 is 5.94. The molecule has 1 heterocycles. The molecule has 0 saturated heterocycles. The molecule has 1 aromatic carbocycles. The molecule has 0 radical (unpaired) electrons. The summed E-state index contributed by atoms with van der Waals surface area (Å²) in [4.78, 5) is 9.11. The van der Waals surface area contributed by atoms with Crippen LogP contribution < -0.4 is 5.73 Å². The molecule has 0 spiro atoms. The molecule has 0 fully saturated rings. The highest BCUT2D eigenvalue weighted by Crippen LogP contribution is 2.27. The van der Waals surface area contributed by atoms with Crippen molar-refractivity contribution in [2.75, 3.05) is 5.73 Å². The highest BCUT2D eigenvalue weighted by molar-refractivity contribution is 6.33. The lowest BCUT2D eigenvalue weighted by atomic mass is 9.91. The molecule has 100 valence electrons. The van der Waals surface area contributed by atoms with Crippen LogP contribution >= 0.6 is 11.6 Å². The molecule has 0 aliphatic rings. The van der Waals surface area contributed by atoms with Gasteiger partial charge >= 0.3 is 0 Å². The highest BCUT2D eigenvalue weighted by Gasteiger charge is 2.17. The normalized spacial score (nSPS) is 11.6. The maximum absolute atomic E-state index is 5.94. The molecular weight excluding hydrogens is 258 g/mol. The summed E-state index contributed by atoms with van der Waals surface area (Å²) in [6.45, 7) is 8.37. The first-order chi connectivity index (χ1) is 8.77. The van der Waals surface area contributed by atoms with E-state index in [2.05, 4.69) is 30.7 Å². The number of nitrogen functional groups attached to an aromatic ring is 1. The van der Waals surface area contributed by atoms with Gasteiger partial charge in [0.2, 0.25) is 0 Å². The Hall–Kier alpha value is -1.61. The maximum atomic E-state index is 5.94. The molecule has 3 nitrogen and oxygen atoms in total. The second kappa shape index (κ2) is 4.82. The molecule has 0 amide bonds. The Morgan fingerprint density at radius 2 is 1.79 bits per heavy atom. The van der Waals surface area contributed by atoms with Crippen molar-refractivity contribution in [3.8, 4) is 11.4 Å². The van der Waals surface area contributed by atoms with Gasteiger partial charge in [0, 0.05) is 16.7 Å². The van der Waals surface area contributed by atoms with Gasteiger partial charge in [-0.25, -0.2) is 9.97 Å². The van der Waals surface area contributed by atoms with Gasteiger partial charge in [0.05, 0.1) is 16.4 Å². The number of halogens is 1. The first-order valence-electron chi connectivity index (χ1n) is 6.19. The van der Waals surface area contributed by atoms with E-state index in [1.807, 2.05) is 25.1 Å². The predicted octanol–water partition coefficient (Wildman–Crippen LogP) is 3.99. The minimum Gasteiger partial charge on any atom is -0.398 e. The average Bonchev–Trinajstić information content (AvgIpc) is 2.31. The number of hydrogen-bond acceptors (Lipinski definition) is 3. The van der Waals surface area contributed by atoms with Crippen molar-refractivity contribution >= 4 is 17.3 Å². The molecule has 1 aromatic heterocycles. The fourth-order valence-electron chi connectivity index (χ4n) is 1.76. The maximum Gasteiger partial charge on any atom is 0.159 e. The lowest BCUT2D eigenvalue weighted by Gasteiger charge is -2.19. The van der Waals surface area contributed by atoms with Crippen molar-refractivity contribution in [3.05, 3.63) is 40.7 Å². The van der Waals surface area contributed by atoms with Gasteiger partial charge < -0.3 is 5.73 Å². The molecule has 2 N–H and O–H groups in total. The van der Waals surface area contributed by atoms with Crippen molar-refractivity contribution in [1.82, 2.24) is 9.97 Å². The van der Waals surface area contributed by atoms with Crippen LogP contribution in [-0.2, 0) is 5.41 Å². The van der Waals surface area contributed by atoms with E-state index >= 15 is 0 Å². The Labute approximate surface area is 118 Å². The third kappa shape index (κ3) is 3.04. The number of hydrogen-bond donors (Lipinski definition) is 1. The van der Waals surface area contributed by atoms with Crippen LogP contribution in [0.15, 0.2) is 24.3 Å². The van der Waals surface area contributed by atoms with Crippen LogP contribution in [0.2, 0.25) is 5.02 Å². The van der Waals surface area contributed by atoms with Crippen LogP contribution in [-0.4, -0.2) is 9.97 Å². The van der Waals surface area contributed by atoms with Gasteiger partial charge in [0.25, 0.3) is 0 Å². The minimum absolute atomic E-state index is 0.0135. The Bertz CT molecular complexity index is 615. The predicted molar refractivity (Wildman–Crippen MR) is 80.3 cm³/mol. The summed E-state index contributed by atoms with van der Waals surface area (Å²) < 4.78 is 0. The number of anilines is 1. The van der Waals surface area contributed by atoms with Gasteiger partial charge in [0.1, 0.15) is 0 Å². The molecule has 0 aliphatic carbocycles. The second-order valence-electron chi connectivity index (χ2n) is 5.70. The molecule has 0 unspecified atom stereocenters.